The molecule has 22 heavy (non-hydrogen) atoms. The van der Waals surface area contributed by atoms with Gasteiger partial charge in [-0.2, -0.15) is 8.42 Å². The van der Waals surface area contributed by atoms with E-state index in [4.69, 9.17) is 14.2 Å². The van der Waals surface area contributed by atoms with Gasteiger partial charge in [-0.25, -0.2) is 0 Å². The van der Waals surface area contributed by atoms with Crippen molar-refractivity contribution in [2.24, 2.45) is 0 Å². The number of aryl methyl sites for hydroxylation is 1. The van der Waals surface area contributed by atoms with Gasteiger partial charge in [-0.1, -0.05) is 12.1 Å². The van der Waals surface area contributed by atoms with E-state index in [0.717, 1.165) is 5.56 Å². The first-order valence-electron chi connectivity index (χ1n) is 6.78. The second kappa shape index (κ2) is 7.44. The molecule has 1 N–H and O–H groups in total. The first-order chi connectivity index (χ1) is 10.5. The van der Waals surface area contributed by atoms with Gasteiger partial charge >= 0.3 is 0 Å². The molecule has 7 heteroatoms. The molecular formula is C15H18O6S. The van der Waals surface area contributed by atoms with E-state index in [1.54, 1.807) is 30.5 Å². The van der Waals surface area contributed by atoms with Gasteiger partial charge in [0.2, 0.25) is 6.29 Å². The highest BCUT2D eigenvalue weighted by molar-refractivity contribution is 7.86. The van der Waals surface area contributed by atoms with E-state index in [-0.39, 0.29) is 17.3 Å². The van der Waals surface area contributed by atoms with E-state index in [9.17, 15) is 13.0 Å². The van der Waals surface area contributed by atoms with Crippen LogP contribution < -0.4 is 4.74 Å². The third-order valence-corrected chi connectivity index (χ3v) is 3.77. The summed E-state index contributed by atoms with van der Waals surface area (Å²) in [5, 5.41) is 0. The molecule has 0 radical (unpaired) electrons. The summed E-state index contributed by atoms with van der Waals surface area (Å²) >= 11 is 0. The van der Waals surface area contributed by atoms with Gasteiger partial charge in [-0.05, 0) is 36.8 Å². The van der Waals surface area contributed by atoms with E-state index < -0.39 is 16.4 Å². The van der Waals surface area contributed by atoms with E-state index >= 15 is 0 Å². The van der Waals surface area contributed by atoms with Crippen molar-refractivity contribution < 1.29 is 27.2 Å². The second-order valence-electron chi connectivity index (χ2n) is 4.72. The third-order valence-electron chi connectivity index (χ3n) is 2.88. The number of ether oxygens (including phenoxy) is 3. The van der Waals surface area contributed by atoms with Gasteiger partial charge in [0.1, 0.15) is 10.6 Å². The molecule has 1 heterocycles. The molecule has 0 aliphatic carbocycles. The minimum atomic E-state index is -4.30. The van der Waals surface area contributed by atoms with Crippen LogP contribution in [0.3, 0.4) is 0 Å². The number of hydrogen-bond acceptors (Lipinski definition) is 5. The molecular weight excluding hydrogens is 308 g/mol. The lowest BCUT2D eigenvalue weighted by atomic mass is 10.2. The summed E-state index contributed by atoms with van der Waals surface area (Å²) in [6.07, 6.45) is 7.06. The van der Waals surface area contributed by atoms with Crippen molar-refractivity contribution in [3.63, 3.8) is 0 Å². The predicted octanol–water partition coefficient (Wildman–Crippen LogP) is 2.45. The summed E-state index contributed by atoms with van der Waals surface area (Å²) in [5.74, 6) is 0.138. The molecule has 0 bridgehead atoms. The topological polar surface area (TPSA) is 82.1 Å². The molecule has 1 aliphatic heterocycles. The van der Waals surface area contributed by atoms with Gasteiger partial charge in [-0.15, -0.1) is 0 Å². The van der Waals surface area contributed by atoms with Gasteiger partial charge in [0.15, 0.2) is 0 Å². The molecule has 0 spiro atoms. The van der Waals surface area contributed by atoms with E-state index in [1.807, 2.05) is 13.0 Å². The van der Waals surface area contributed by atoms with Crippen LogP contribution in [0.1, 0.15) is 12.0 Å². The monoisotopic (exact) mass is 326 g/mol. The van der Waals surface area contributed by atoms with Crippen LogP contribution in [0.15, 0.2) is 47.6 Å². The van der Waals surface area contributed by atoms with Crippen molar-refractivity contribution in [3.05, 3.63) is 48.3 Å². The lowest BCUT2D eigenvalue weighted by Gasteiger charge is -2.16. The van der Waals surface area contributed by atoms with Crippen LogP contribution >= 0.6 is 0 Å². The zero-order chi connectivity index (χ0) is 16.0. The molecule has 0 saturated heterocycles. The highest BCUT2D eigenvalue weighted by Crippen LogP contribution is 2.25. The fraction of sp³-hybridized carbons (Fsp3) is 0.333. The second-order valence-corrected chi connectivity index (χ2v) is 6.11. The zero-order valence-electron chi connectivity index (χ0n) is 12.1. The minimum absolute atomic E-state index is 0.138. The maximum Gasteiger partial charge on any atom is 0.298 e. The predicted molar refractivity (Wildman–Crippen MR) is 80.2 cm³/mol. The third kappa shape index (κ3) is 4.87. The Morgan fingerprint density at radius 3 is 2.77 bits per heavy atom. The van der Waals surface area contributed by atoms with Gasteiger partial charge in [0.05, 0.1) is 19.5 Å². The van der Waals surface area contributed by atoms with E-state index in [1.165, 1.54) is 6.07 Å². The van der Waals surface area contributed by atoms with E-state index in [0.29, 0.717) is 13.0 Å². The highest BCUT2D eigenvalue weighted by Gasteiger charge is 2.16. The summed E-state index contributed by atoms with van der Waals surface area (Å²) in [6.45, 7) is 2.47. The van der Waals surface area contributed by atoms with Crippen LogP contribution in [-0.4, -0.2) is 32.5 Å². The Bertz CT molecular complexity index is 663. The Labute approximate surface area is 129 Å². The summed E-state index contributed by atoms with van der Waals surface area (Å²) in [7, 11) is -4.30. The smallest absolute Gasteiger partial charge is 0.298 e. The van der Waals surface area contributed by atoms with Crippen LogP contribution in [-0.2, 0) is 19.6 Å². The molecule has 6 nitrogen and oxygen atoms in total. The van der Waals surface area contributed by atoms with Gasteiger partial charge in [-0.3, -0.25) is 4.55 Å². The molecule has 1 atom stereocenters. The summed E-state index contributed by atoms with van der Waals surface area (Å²) < 4.78 is 47.8. The number of allylic oxidation sites excluding steroid dienone is 2. The number of hydrogen-bond donors (Lipinski definition) is 1. The molecule has 1 aromatic rings. The lowest BCUT2D eigenvalue weighted by molar-refractivity contribution is -0.0763. The van der Waals surface area contributed by atoms with Gasteiger partial charge in [0.25, 0.3) is 10.1 Å². The van der Waals surface area contributed by atoms with E-state index in [2.05, 4.69) is 0 Å². The minimum Gasteiger partial charge on any atom is -0.492 e. The number of rotatable bonds is 7. The highest BCUT2D eigenvalue weighted by atomic mass is 32.2. The Balaban J connectivity index is 1.83. The van der Waals surface area contributed by atoms with Crippen molar-refractivity contribution in [3.8, 4) is 5.75 Å². The quantitative estimate of drug-likeness (QED) is 0.612. The standard InChI is InChI=1S/C15H18O6S/c1-12-6-7-14(22(16,17)18)13(11-12)19-9-4-10-21-15-5-2-3-8-20-15/h2-3,5-8,11,15H,4,9-10H2,1H3,(H,16,17,18)/t15-/m1/s1. The first-order valence-corrected chi connectivity index (χ1v) is 8.22. The van der Waals surface area contributed by atoms with Crippen LogP contribution in [0.4, 0.5) is 0 Å². The molecule has 0 amide bonds. The molecule has 0 saturated carbocycles. The average molecular weight is 326 g/mol. The van der Waals surface area contributed by atoms with Crippen molar-refractivity contribution in [2.75, 3.05) is 13.2 Å². The fourth-order valence-electron chi connectivity index (χ4n) is 1.84. The Morgan fingerprint density at radius 2 is 2.09 bits per heavy atom. The van der Waals surface area contributed by atoms with Crippen LogP contribution in [0.25, 0.3) is 0 Å². The Hall–Kier alpha value is -1.83. The summed E-state index contributed by atoms with van der Waals surface area (Å²) in [5.41, 5.74) is 0.839. The van der Waals surface area contributed by atoms with Crippen molar-refractivity contribution in [1.29, 1.82) is 0 Å². The molecule has 0 unspecified atom stereocenters. The maximum atomic E-state index is 11.3. The summed E-state index contributed by atoms with van der Waals surface area (Å²) in [4.78, 5) is -0.234. The Kier molecular flexibility index (Phi) is 5.59. The normalized spacial score (nSPS) is 17.3. The average Bonchev–Trinajstić information content (AvgIpc) is 2.47. The van der Waals surface area contributed by atoms with Crippen LogP contribution in [0, 0.1) is 6.92 Å². The first kappa shape index (κ1) is 16.5. The zero-order valence-corrected chi connectivity index (χ0v) is 13.0. The maximum absolute atomic E-state index is 11.3. The van der Waals surface area contributed by atoms with Crippen LogP contribution in [0.2, 0.25) is 0 Å². The summed E-state index contributed by atoms with van der Waals surface area (Å²) in [6, 6.07) is 4.49. The molecule has 0 fully saturated rings. The molecule has 1 aliphatic rings. The lowest BCUT2D eigenvalue weighted by Crippen LogP contribution is -2.15. The SMILES string of the molecule is Cc1ccc(S(=O)(=O)O)c(OCCCO[C@@H]2C=CC=CO2)c1. The van der Waals surface area contributed by atoms with Gasteiger partial charge < -0.3 is 14.2 Å². The van der Waals surface area contributed by atoms with Gasteiger partial charge in [0, 0.05) is 6.42 Å². The molecule has 1 aromatic carbocycles. The number of benzene rings is 1. The molecule has 2 rings (SSSR count). The van der Waals surface area contributed by atoms with Crippen LogP contribution in [0.5, 0.6) is 5.75 Å². The van der Waals surface area contributed by atoms with Crippen molar-refractivity contribution in [2.45, 2.75) is 24.5 Å². The largest absolute Gasteiger partial charge is 0.492 e. The van der Waals surface area contributed by atoms with Crippen molar-refractivity contribution >= 4 is 10.1 Å². The molecule has 120 valence electrons. The molecule has 0 aromatic heterocycles. The van der Waals surface area contributed by atoms with Crippen molar-refractivity contribution in [1.82, 2.24) is 0 Å². The Morgan fingerprint density at radius 1 is 1.27 bits per heavy atom. The fourth-order valence-corrected chi connectivity index (χ4v) is 2.46.